The Morgan fingerprint density at radius 3 is 2.31 bits per heavy atom. The third kappa shape index (κ3) is 4.33. The Hall–Kier alpha value is -2.85. The number of nitrogens with one attached hydrogen (secondary N) is 2. The Labute approximate surface area is 204 Å². The van der Waals surface area contributed by atoms with Gasteiger partial charge < -0.3 is 10.3 Å². The van der Waals surface area contributed by atoms with Crippen molar-refractivity contribution < 1.29 is 26.4 Å². The van der Waals surface area contributed by atoms with Gasteiger partial charge >= 0.3 is 0 Å². The number of aromatic nitrogens is 2. The van der Waals surface area contributed by atoms with Gasteiger partial charge in [-0.15, -0.1) is 0 Å². The summed E-state index contributed by atoms with van der Waals surface area (Å²) in [5.74, 6) is -4.48. The van der Waals surface area contributed by atoms with E-state index in [4.69, 9.17) is 11.6 Å². The Balaban J connectivity index is 1.41. The quantitative estimate of drug-likeness (QED) is 0.433. The maximum Gasteiger partial charge on any atom is 0.255 e. The summed E-state index contributed by atoms with van der Waals surface area (Å²) in [6.07, 6.45) is 6.38. The molecule has 0 aliphatic heterocycles. The van der Waals surface area contributed by atoms with Crippen molar-refractivity contribution in [3.8, 4) is 0 Å². The number of sulfone groups is 1. The molecule has 4 atom stereocenters. The first kappa shape index (κ1) is 23.9. The van der Waals surface area contributed by atoms with E-state index in [1.54, 1.807) is 12.4 Å². The molecule has 0 spiro atoms. The van der Waals surface area contributed by atoms with Gasteiger partial charge in [-0.1, -0.05) is 11.6 Å². The fourth-order valence-corrected chi connectivity index (χ4v) is 8.42. The predicted octanol–water partition coefficient (Wildman–Crippen LogP) is 5.48. The molecule has 2 fully saturated rings. The second-order valence-electron chi connectivity index (χ2n) is 9.10. The van der Waals surface area contributed by atoms with Gasteiger partial charge in [-0.2, -0.15) is 0 Å². The highest BCUT2D eigenvalue weighted by molar-refractivity contribution is 7.92. The molecule has 5 rings (SSSR count). The summed E-state index contributed by atoms with van der Waals surface area (Å²) >= 11 is 6.28. The van der Waals surface area contributed by atoms with Gasteiger partial charge in [0.1, 0.15) is 5.82 Å². The van der Waals surface area contributed by atoms with Crippen LogP contribution >= 0.6 is 11.6 Å². The molecule has 2 bridgehead atoms. The molecule has 0 saturated heterocycles. The first-order valence-electron chi connectivity index (χ1n) is 11.1. The maximum atomic E-state index is 13.7. The van der Waals surface area contributed by atoms with Crippen molar-refractivity contribution >= 4 is 33.0 Å². The minimum absolute atomic E-state index is 0.00650. The lowest BCUT2D eigenvalue weighted by Crippen LogP contribution is -2.37. The van der Waals surface area contributed by atoms with Crippen molar-refractivity contribution in [1.82, 2.24) is 9.97 Å². The molecule has 3 unspecified atom stereocenters. The lowest BCUT2D eigenvalue weighted by atomic mass is 9.80. The van der Waals surface area contributed by atoms with Crippen LogP contribution in [0.3, 0.4) is 0 Å². The number of nitrogens with zero attached hydrogens (tertiary/aromatic N) is 1. The van der Waals surface area contributed by atoms with Crippen LogP contribution in [0.2, 0.25) is 5.02 Å². The first-order chi connectivity index (χ1) is 16.6. The van der Waals surface area contributed by atoms with Crippen LogP contribution in [0.15, 0.2) is 47.6 Å². The number of carbonyl (C=O) groups is 1. The fourth-order valence-electron chi connectivity index (χ4n) is 5.54. The molecular weight excluding hydrogens is 503 g/mol. The second-order valence-corrected chi connectivity index (χ2v) is 11.6. The second kappa shape index (κ2) is 8.98. The van der Waals surface area contributed by atoms with Crippen LogP contribution in [0, 0.1) is 29.3 Å². The van der Waals surface area contributed by atoms with E-state index in [0.29, 0.717) is 25.0 Å². The van der Waals surface area contributed by atoms with Gasteiger partial charge in [-0.05, 0) is 55.7 Å². The van der Waals surface area contributed by atoms with E-state index in [0.717, 1.165) is 18.7 Å². The number of hydrogen-bond donors (Lipinski definition) is 2. The molecule has 2 aliphatic carbocycles. The molecule has 0 radical (unpaired) electrons. The SMILES string of the molecule is O=C(Nc1cc(F)c(F)c(F)c1)c1ccc(Cl)c(S(=O)(=O)C2C3CC[C@H]2CC(c2ncc[nH]2)C3)c1. The number of anilines is 1. The zero-order valence-corrected chi connectivity index (χ0v) is 19.8. The molecule has 1 heterocycles. The zero-order valence-electron chi connectivity index (χ0n) is 18.3. The average Bonchev–Trinajstić information content (AvgIpc) is 3.44. The lowest BCUT2D eigenvalue weighted by molar-refractivity contribution is 0.102. The van der Waals surface area contributed by atoms with Crippen LogP contribution in [-0.2, 0) is 9.84 Å². The number of benzene rings is 2. The largest absolute Gasteiger partial charge is 0.348 e. The Morgan fingerprint density at radius 1 is 1.06 bits per heavy atom. The van der Waals surface area contributed by atoms with Gasteiger partial charge in [0.2, 0.25) is 0 Å². The normalized spacial score (nSPS) is 23.9. The molecular formula is C24H21ClF3N3O3S. The summed E-state index contributed by atoms with van der Waals surface area (Å²) in [7, 11) is -3.88. The number of imidazole rings is 1. The fraction of sp³-hybridized carbons (Fsp3) is 0.333. The summed E-state index contributed by atoms with van der Waals surface area (Å²) in [4.78, 5) is 20.0. The summed E-state index contributed by atoms with van der Waals surface area (Å²) in [5.41, 5.74) is -0.366. The van der Waals surface area contributed by atoms with Gasteiger partial charge in [-0.3, -0.25) is 4.79 Å². The van der Waals surface area contributed by atoms with E-state index < -0.39 is 38.4 Å². The molecule has 2 N–H and O–H groups in total. The number of H-pyrrole nitrogens is 1. The standard InChI is InChI=1S/C24H21ClF3N3O3S/c25-17-4-3-14(24(32)31-16-10-18(26)21(28)19(27)11-16)9-20(17)35(33,34)22-12-1-2-13(22)8-15(7-12)23-29-5-6-30-23/h3-6,9-13,15,22H,1-2,7-8H2,(H,29,30)(H,31,32)/t12-,13?,15?,22?/m0/s1. The van der Waals surface area contributed by atoms with Crippen LogP contribution < -0.4 is 5.32 Å². The van der Waals surface area contributed by atoms with Crippen molar-refractivity contribution in [3.05, 3.63) is 76.6 Å². The number of rotatable bonds is 5. The summed E-state index contributed by atoms with van der Waals surface area (Å²) in [5, 5.41) is 1.64. The topological polar surface area (TPSA) is 91.9 Å². The highest BCUT2D eigenvalue weighted by Gasteiger charge is 2.50. The van der Waals surface area contributed by atoms with Crippen LogP contribution in [0.5, 0.6) is 0 Å². The third-order valence-corrected chi connectivity index (χ3v) is 9.90. The van der Waals surface area contributed by atoms with E-state index >= 15 is 0 Å². The van der Waals surface area contributed by atoms with E-state index in [1.165, 1.54) is 18.2 Å². The molecule has 11 heteroatoms. The molecule has 2 aliphatic rings. The van der Waals surface area contributed by atoms with Crippen LogP contribution in [0.25, 0.3) is 0 Å². The van der Waals surface area contributed by atoms with E-state index in [-0.39, 0.29) is 38.9 Å². The van der Waals surface area contributed by atoms with Crippen molar-refractivity contribution in [1.29, 1.82) is 0 Å². The molecule has 3 aromatic rings. The smallest absolute Gasteiger partial charge is 0.255 e. The third-order valence-electron chi connectivity index (χ3n) is 7.02. The minimum atomic E-state index is -3.88. The molecule has 184 valence electrons. The summed E-state index contributed by atoms with van der Waals surface area (Å²) in [6.45, 7) is 0. The van der Waals surface area contributed by atoms with Crippen molar-refractivity contribution in [2.45, 2.75) is 41.7 Å². The predicted molar refractivity (Wildman–Crippen MR) is 123 cm³/mol. The van der Waals surface area contributed by atoms with Crippen molar-refractivity contribution in [3.63, 3.8) is 0 Å². The number of amides is 1. The van der Waals surface area contributed by atoms with Gasteiger partial charge in [0, 0.05) is 41.7 Å². The van der Waals surface area contributed by atoms with Gasteiger partial charge in [0.05, 0.1) is 15.2 Å². The number of hydrogen-bond acceptors (Lipinski definition) is 4. The summed E-state index contributed by atoms with van der Waals surface area (Å²) < 4.78 is 67.7. The van der Waals surface area contributed by atoms with E-state index in [2.05, 4.69) is 15.3 Å². The number of halogens is 4. The molecule has 1 amide bonds. The lowest BCUT2D eigenvalue weighted by Gasteiger charge is -2.34. The molecule has 1 aromatic heterocycles. The highest BCUT2D eigenvalue weighted by atomic mass is 35.5. The van der Waals surface area contributed by atoms with Crippen LogP contribution in [0.4, 0.5) is 18.9 Å². The average molecular weight is 524 g/mol. The molecule has 6 nitrogen and oxygen atoms in total. The maximum absolute atomic E-state index is 13.7. The molecule has 2 aromatic carbocycles. The van der Waals surface area contributed by atoms with E-state index in [9.17, 15) is 26.4 Å². The van der Waals surface area contributed by atoms with Gasteiger partial charge in [0.15, 0.2) is 27.3 Å². The van der Waals surface area contributed by atoms with Gasteiger partial charge in [0.25, 0.3) is 5.91 Å². The number of aromatic amines is 1. The summed E-state index contributed by atoms with van der Waals surface area (Å²) in [6, 6.07) is 5.08. The first-order valence-corrected chi connectivity index (χ1v) is 13.1. The Morgan fingerprint density at radius 2 is 1.71 bits per heavy atom. The zero-order chi connectivity index (χ0) is 24.9. The molecule has 35 heavy (non-hydrogen) atoms. The molecule has 2 saturated carbocycles. The minimum Gasteiger partial charge on any atom is -0.348 e. The van der Waals surface area contributed by atoms with Crippen molar-refractivity contribution in [2.24, 2.45) is 11.8 Å². The monoisotopic (exact) mass is 523 g/mol. The number of carbonyl (C=O) groups excluding carboxylic acids is 1. The number of fused-ring (bicyclic) bond motifs is 2. The van der Waals surface area contributed by atoms with Crippen molar-refractivity contribution in [2.75, 3.05) is 5.32 Å². The Kier molecular flexibility index (Phi) is 6.13. The highest BCUT2D eigenvalue weighted by Crippen LogP contribution is 2.52. The Bertz CT molecular complexity index is 1360. The van der Waals surface area contributed by atoms with Gasteiger partial charge in [-0.25, -0.2) is 26.6 Å². The van der Waals surface area contributed by atoms with Crippen LogP contribution in [0.1, 0.15) is 47.8 Å². The van der Waals surface area contributed by atoms with Crippen LogP contribution in [-0.4, -0.2) is 29.5 Å². The van der Waals surface area contributed by atoms with E-state index in [1.807, 2.05) is 0 Å².